The Bertz CT molecular complexity index is 577. The zero-order valence-electron chi connectivity index (χ0n) is 16.2. The molecule has 0 spiro atoms. The Morgan fingerprint density at radius 2 is 1.96 bits per heavy atom. The van der Waals surface area contributed by atoms with Crippen LogP contribution < -0.4 is 0 Å². The summed E-state index contributed by atoms with van der Waals surface area (Å²) in [5, 5.41) is 0. The van der Waals surface area contributed by atoms with Gasteiger partial charge in [0.2, 0.25) is 0 Å². The van der Waals surface area contributed by atoms with Crippen LogP contribution in [0.15, 0.2) is 6.20 Å². The topological polar surface area (TPSA) is 44.1 Å². The van der Waals surface area contributed by atoms with Crippen molar-refractivity contribution in [2.75, 3.05) is 6.61 Å². The molecule has 1 aromatic heterocycles. The molecule has 0 aliphatic heterocycles. The summed E-state index contributed by atoms with van der Waals surface area (Å²) in [6, 6.07) is 1.15. The Labute approximate surface area is 153 Å². The maximum absolute atomic E-state index is 11.5. The first kappa shape index (κ1) is 18.8. The van der Waals surface area contributed by atoms with Crippen molar-refractivity contribution in [3.05, 3.63) is 17.7 Å². The molecule has 2 aliphatic rings. The number of rotatable bonds is 7. The summed E-state index contributed by atoms with van der Waals surface area (Å²) in [5.74, 6) is 2.74. The fourth-order valence-corrected chi connectivity index (χ4v) is 5.53. The lowest BCUT2D eigenvalue weighted by molar-refractivity contribution is 0.0755. The van der Waals surface area contributed by atoms with Crippen LogP contribution in [0.3, 0.4) is 0 Å². The molecule has 3 unspecified atom stereocenters. The van der Waals surface area contributed by atoms with Crippen molar-refractivity contribution in [2.45, 2.75) is 83.3 Å². The molecule has 0 N–H and O–H groups in total. The Morgan fingerprint density at radius 3 is 2.72 bits per heavy atom. The Balaban J connectivity index is 1.72. The molecule has 140 valence electrons. The van der Waals surface area contributed by atoms with E-state index in [0.29, 0.717) is 18.5 Å². The van der Waals surface area contributed by atoms with Crippen molar-refractivity contribution >= 4 is 14.4 Å². The number of hydrogen-bond acceptors (Lipinski definition) is 3. The summed E-state index contributed by atoms with van der Waals surface area (Å²) in [4.78, 5) is 15.9. The van der Waals surface area contributed by atoms with Gasteiger partial charge < -0.3 is 9.30 Å². The second kappa shape index (κ2) is 8.17. The quantitative estimate of drug-likeness (QED) is 0.386. The number of aldehydes is 1. The van der Waals surface area contributed by atoms with E-state index in [1.807, 2.05) is 6.20 Å². The molecule has 3 rings (SSSR count). The van der Waals surface area contributed by atoms with Crippen LogP contribution in [-0.2, 0) is 11.5 Å². The van der Waals surface area contributed by atoms with Crippen molar-refractivity contribution in [1.82, 2.24) is 9.55 Å². The van der Waals surface area contributed by atoms with Gasteiger partial charge in [-0.3, -0.25) is 4.79 Å². The highest BCUT2D eigenvalue weighted by atomic mass is 28.3. The summed E-state index contributed by atoms with van der Waals surface area (Å²) in [6.07, 6.45) is 12.3. The van der Waals surface area contributed by atoms with Crippen molar-refractivity contribution in [3.8, 4) is 0 Å². The van der Waals surface area contributed by atoms with Gasteiger partial charge in [0, 0.05) is 32.5 Å². The Kier molecular flexibility index (Phi) is 6.15. The van der Waals surface area contributed by atoms with Crippen LogP contribution in [0, 0.1) is 11.8 Å². The third-order valence-corrected chi connectivity index (χ3v) is 7.90. The number of fused-ring (bicyclic) bond motifs is 1. The third kappa shape index (κ3) is 4.62. The molecule has 3 atom stereocenters. The van der Waals surface area contributed by atoms with Crippen LogP contribution in [-0.4, -0.2) is 30.5 Å². The van der Waals surface area contributed by atoms with E-state index in [2.05, 4.69) is 29.2 Å². The first-order chi connectivity index (χ1) is 12.0. The van der Waals surface area contributed by atoms with Gasteiger partial charge in [0.05, 0.1) is 0 Å². The summed E-state index contributed by atoms with van der Waals surface area (Å²) in [6.45, 7) is 8.34. The minimum Gasteiger partial charge on any atom is -0.361 e. The molecule has 5 heteroatoms. The van der Waals surface area contributed by atoms with Crippen LogP contribution in [0.4, 0.5) is 0 Å². The smallest absolute Gasteiger partial charge is 0.185 e. The van der Waals surface area contributed by atoms with Crippen molar-refractivity contribution in [3.63, 3.8) is 0 Å². The highest BCUT2D eigenvalue weighted by Gasteiger charge is 2.37. The van der Waals surface area contributed by atoms with Crippen LogP contribution in [0.25, 0.3) is 0 Å². The maximum atomic E-state index is 11.5. The molecule has 1 heterocycles. The molecule has 25 heavy (non-hydrogen) atoms. The number of nitrogens with zero attached hydrogens (tertiary/aromatic N) is 2. The van der Waals surface area contributed by atoms with Gasteiger partial charge in [-0.25, -0.2) is 4.98 Å². The van der Waals surface area contributed by atoms with E-state index >= 15 is 0 Å². The molecule has 2 fully saturated rings. The maximum Gasteiger partial charge on any atom is 0.185 e. The first-order valence-corrected chi connectivity index (χ1v) is 13.8. The van der Waals surface area contributed by atoms with E-state index in [-0.39, 0.29) is 0 Å². The molecule has 0 amide bonds. The zero-order valence-corrected chi connectivity index (χ0v) is 17.2. The van der Waals surface area contributed by atoms with Gasteiger partial charge in [0.25, 0.3) is 0 Å². The first-order valence-electron chi connectivity index (χ1n) is 10.1. The lowest BCUT2D eigenvalue weighted by Gasteiger charge is -2.41. The Hall–Kier alpha value is -0.943. The van der Waals surface area contributed by atoms with Crippen LogP contribution in [0.2, 0.25) is 25.7 Å². The van der Waals surface area contributed by atoms with Crippen LogP contribution in [0.1, 0.15) is 67.2 Å². The van der Waals surface area contributed by atoms with E-state index in [4.69, 9.17) is 4.74 Å². The number of carbonyl (C=O) groups excluding carboxylic acids is 1. The van der Waals surface area contributed by atoms with Gasteiger partial charge in [-0.15, -0.1) is 0 Å². The Morgan fingerprint density at radius 1 is 1.20 bits per heavy atom. The molecule has 2 aliphatic carbocycles. The molecule has 0 bridgehead atoms. The summed E-state index contributed by atoms with van der Waals surface area (Å²) in [5.41, 5.74) is 1.24. The molecule has 0 saturated heterocycles. The fourth-order valence-electron chi connectivity index (χ4n) is 4.77. The SMILES string of the molecule is C[Si](C)(C)CCOCn1c(C2CCCC3CCCCC32)cnc1C=O. The van der Waals surface area contributed by atoms with E-state index < -0.39 is 8.07 Å². The molecular weight excluding hydrogens is 328 g/mol. The number of aromatic nitrogens is 2. The minimum atomic E-state index is -1.09. The third-order valence-electron chi connectivity index (χ3n) is 6.19. The minimum absolute atomic E-state index is 0.474. The second-order valence-electron chi connectivity index (χ2n) is 9.18. The predicted octanol–water partition coefficient (Wildman–Crippen LogP) is 5.08. The van der Waals surface area contributed by atoms with Gasteiger partial charge in [0.15, 0.2) is 12.1 Å². The van der Waals surface area contributed by atoms with Gasteiger partial charge in [-0.1, -0.05) is 51.7 Å². The monoisotopic (exact) mass is 362 g/mol. The van der Waals surface area contributed by atoms with Crippen LogP contribution >= 0.6 is 0 Å². The highest BCUT2D eigenvalue weighted by Crippen LogP contribution is 2.48. The average molecular weight is 363 g/mol. The summed E-state index contributed by atoms with van der Waals surface area (Å²) < 4.78 is 8.02. The second-order valence-corrected chi connectivity index (χ2v) is 14.8. The number of carbonyl (C=O) groups is 1. The molecule has 4 nitrogen and oxygen atoms in total. The van der Waals surface area contributed by atoms with E-state index in [0.717, 1.165) is 30.8 Å². The lowest BCUT2D eigenvalue weighted by atomic mass is 9.65. The number of ether oxygens (including phenoxy) is 1. The largest absolute Gasteiger partial charge is 0.361 e. The van der Waals surface area contributed by atoms with Gasteiger partial charge in [-0.2, -0.15) is 0 Å². The zero-order chi connectivity index (χ0) is 17.9. The van der Waals surface area contributed by atoms with Gasteiger partial charge >= 0.3 is 0 Å². The molecule has 2 saturated carbocycles. The standard InChI is InChI=1S/C20H34N2O2Si/c1-25(2,3)12-11-24-15-22-19(13-21-20(22)14-23)18-10-6-8-16-7-4-5-9-17(16)18/h13-14,16-18H,4-12,15H2,1-3H3. The lowest BCUT2D eigenvalue weighted by Crippen LogP contribution is -2.31. The van der Waals surface area contributed by atoms with Gasteiger partial charge in [0.1, 0.15) is 6.73 Å². The average Bonchev–Trinajstić information content (AvgIpc) is 3.00. The predicted molar refractivity (Wildman–Crippen MR) is 104 cm³/mol. The van der Waals surface area contributed by atoms with E-state index in [1.54, 1.807) is 0 Å². The van der Waals surface area contributed by atoms with Crippen molar-refractivity contribution in [2.24, 2.45) is 11.8 Å². The fraction of sp³-hybridized carbons (Fsp3) is 0.800. The highest BCUT2D eigenvalue weighted by molar-refractivity contribution is 6.76. The summed E-state index contributed by atoms with van der Waals surface area (Å²) in [7, 11) is -1.09. The molecule has 0 aromatic carbocycles. The summed E-state index contributed by atoms with van der Waals surface area (Å²) >= 11 is 0. The van der Waals surface area contributed by atoms with Crippen molar-refractivity contribution < 1.29 is 9.53 Å². The van der Waals surface area contributed by atoms with Crippen molar-refractivity contribution in [1.29, 1.82) is 0 Å². The van der Waals surface area contributed by atoms with E-state index in [1.165, 1.54) is 50.6 Å². The molecule has 0 radical (unpaired) electrons. The normalized spacial score (nSPS) is 27.1. The van der Waals surface area contributed by atoms with Gasteiger partial charge in [-0.05, 0) is 30.7 Å². The number of imidazole rings is 1. The van der Waals surface area contributed by atoms with Crippen LogP contribution in [0.5, 0.6) is 0 Å². The number of hydrogen-bond donors (Lipinski definition) is 0. The molecule has 1 aromatic rings. The molecular formula is C20H34N2O2Si. The van der Waals surface area contributed by atoms with E-state index in [9.17, 15) is 4.79 Å².